The largest absolute Gasteiger partial charge is 0.472 e. The van der Waals surface area contributed by atoms with Crippen LogP contribution in [0, 0.1) is 0 Å². The number of phosphoric ester groups is 2. The van der Waals surface area contributed by atoms with Crippen molar-refractivity contribution >= 4 is 39.5 Å². The topological polar surface area (TPSA) is 237 Å². The van der Waals surface area contributed by atoms with E-state index in [-0.39, 0.29) is 25.7 Å². The molecule has 102 heavy (non-hydrogen) atoms. The quantitative estimate of drug-likeness (QED) is 0.0169. The summed E-state index contributed by atoms with van der Waals surface area (Å²) in [7, 11) is -10.0. The second-order valence-electron chi connectivity index (χ2n) is 25.2. The Hall–Kier alpha value is -5.32. The van der Waals surface area contributed by atoms with Crippen molar-refractivity contribution in [2.45, 2.75) is 303 Å². The van der Waals surface area contributed by atoms with Crippen LogP contribution in [-0.2, 0) is 65.4 Å². The summed E-state index contributed by atoms with van der Waals surface area (Å²) in [5.74, 6) is -2.41. The lowest BCUT2D eigenvalue weighted by atomic mass is 10.1. The number of aliphatic hydroxyl groups excluding tert-OH is 1. The molecule has 5 unspecified atom stereocenters. The van der Waals surface area contributed by atoms with Gasteiger partial charge in [-0.3, -0.25) is 37.3 Å². The minimum absolute atomic E-state index is 0.0324. The van der Waals surface area contributed by atoms with E-state index in [1.54, 1.807) is 6.08 Å². The molecule has 0 aromatic heterocycles. The summed E-state index contributed by atoms with van der Waals surface area (Å²) in [5, 5.41) is 10.6. The first-order valence-electron chi connectivity index (χ1n) is 38.7. The summed E-state index contributed by atoms with van der Waals surface area (Å²) in [6, 6.07) is 0. The molecule has 0 spiro atoms. The van der Waals surface area contributed by atoms with Gasteiger partial charge in [-0.25, -0.2) is 9.13 Å². The van der Waals surface area contributed by atoms with Crippen LogP contribution in [-0.4, -0.2) is 96.7 Å². The maximum Gasteiger partial charge on any atom is 0.472 e. The van der Waals surface area contributed by atoms with Crippen molar-refractivity contribution < 1.29 is 80.2 Å². The molecule has 580 valence electrons. The van der Waals surface area contributed by atoms with Crippen molar-refractivity contribution in [3.05, 3.63) is 158 Å². The van der Waals surface area contributed by atoms with Gasteiger partial charge < -0.3 is 33.8 Å². The van der Waals surface area contributed by atoms with Crippen LogP contribution < -0.4 is 0 Å². The van der Waals surface area contributed by atoms with Crippen molar-refractivity contribution in [2.75, 3.05) is 39.6 Å². The van der Waals surface area contributed by atoms with Crippen molar-refractivity contribution in [3.8, 4) is 0 Å². The van der Waals surface area contributed by atoms with Crippen molar-refractivity contribution in [2.24, 2.45) is 0 Å². The average Bonchev–Trinajstić information content (AvgIpc) is 0.909. The molecule has 0 aliphatic rings. The number of esters is 4. The molecule has 0 aromatic rings. The molecule has 0 heterocycles. The molecule has 0 amide bonds. The SMILES string of the molecule is CC/C=C\C/C=C\C/C=C\C/C=C\C/C=C\CC(=O)OCC(COP(=O)(O)OCC(O)COP(=O)(O)OCC(COC(=O)CCCCCCCC/C=C\C/C=C\C/C=C\CCCCC)OC(=O)CCCC/C=C\C/C=C\C/C=C\C/C=C\CC)OC(=O)CCCCCCC/C=C\CCCCCC. The van der Waals surface area contributed by atoms with Gasteiger partial charge in [-0.2, -0.15) is 0 Å². The van der Waals surface area contributed by atoms with Gasteiger partial charge in [0.1, 0.15) is 19.3 Å². The van der Waals surface area contributed by atoms with E-state index < -0.39 is 97.5 Å². The van der Waals surface area contributed by atoms with E-state index in [4.69, 9.17) is 37.0 Å². The first-order valence-corrected chi connectivity index (χ1v) is 41.7. The van der Waals surface area contributed by atoms with Crippen LogP contribution in [0.1, 0.15) is 285 Å². The third kappa shape index (κ3) is 73.0. The number of aliphatic hydroxyl groups is 1. The summed E-state index contributed by atoms with van der Waals surface area (Å²) >= 11 is 0. The lowest BCUT2D eigenvalue weighted by Crippen LogP contribution is -2.30. The predicted molar refractivity (Wildman–Crippen MR) is 417 cm³/mol. The van der Waals surface area contributed by atoms with Crippen LogP contribution >= 0.6 is 15.6 Å². The lowest BCUT2D eigenvalue weighted by Gasteiger charge is -2.21. The number of unbranched alkanes of at least 4 members (excludes halogenated alkanes) is 20. The Morgan fingerprint density at radius 2 is 0.549 bits per heavy atom. The Morgan fingerprint density at radius 1 is 0.294 bits per heavy atom. The normalized spacial score (nSPS) is 14.8. The lowest BCUT2D eigenvalue weighted by molar-refractivity contribution is -0.161. The molecule has 0 saturated heterocycles. The molecule has 5 atom stereocenters. The van der Waals surface area contributed by atoms with Crippen LogP contribution in [0.5, 0.6) is 0 Å². The number of rotatable bonds is 71. The summed E-state index contributed by atoms with van der Waals surface area (Å²) < 4.78 is 68.3. The molecular weight excluding hydrogens is 1330 g/mol. The smallest absolute Gasteiger partial charge is 0.462 e. The van der Waals surface area contributed by atoms with Crippen molar-refractivity contribution in [1.29, 1.82) is 0 Å². The van der Waals surface area contributed by atoms with Crippen LogP contribution in [0.4, 0.5) is 0 Å². The zero-order valence-electron chi connectivity index (χ0n) is 63.2. The van der Waals surface area contributed by atoms with Gasteiger partial charge in [-0.05, 0) is 154 Å². The van der Waals surface area contributed by atoms with Crippen LogP contribution in [0.3, 0.4) is 0 Å². The highest BCUT2D eigenvalue weighted by atomic mass is 31.2. The fraction of sp³-hybridized carbons (Fsp3) is 0.639. The maximum absolute atomic E-state index is 13.1. The summed E-state index contributed by atoms with van der Waals surface area (Å²) in [4.78, 5) is 72.8. The van der Waals surface area contributed by atoms with Crippen LogP contribution in [0.25, 0.3) is 0 Å². The number of hydrogen-bond donors (Lipinski definition) is 3. The number of carbonyl (C=O) groups is 4. The molecule has 0 aliphatic carbocycles. The summed E-state index contributed by atoms with van der Waals surface area (Å²) in [5.41, 5.74) is 0. The van der Waals surface area contributed by atoms with Crippen LogP contribution in [0.2, 0.25) is 0 Å². The molecular formula is C83H136O17P2. The predicted octanol–water partition coefficient (Wildman–Crippen LogP) is 22.4. The Morgan fingerprint density at radius 3 is 0.922 bits per heavy atom. The number of allylic oxidation sites excluding steroid dienone is 25. The minimum atomic E-state index is -5.00. The van der Waals surface area contributed by atoms with Gasteiger partial charge >= 0.3 is 39.5 Å². The Bertz CT molecular complexity index is 2550. The van der Waals surface area contributed by atoms with E-state index in [0.29, 0.717) is 32.1 Å². The van der Waals surface area contributed by atoms with E-state index in [1.165, 1.54) is 44.9 Å². The first kappa shape index (κ1) is 96.7. The van der Waals surface area contributed by atoms with Gasteiger partial charge in [0.15, 0.2) is 12.2 Å². The highest BCUT2D eigenvalue weighted by Crippen LogP contribution is 2.45. The van der Waals surface area contributed by atoms with Gasteiger partial charge in [0.2, 0.25) is 0 Å². The van der Waals surface area contributed by atoms with Crippen molar-refractivity contribution in [1.82, 2.24) is 0 Å². The third-order valence-corrected chi connectivity index (χ3v) is 17.4. The van der Waals surface area contributed by atoms with Gasteiger partial charge in [0.25, 0.3) is 0 Å². The van der Waals surface area contributed by atoms with Gasteiger partial charge in [0.05, 0.1) is 32.8 Å². The molecule has 0 saturated carbocycles. The Kier molecular flexibility index (Phi) is 70.1. The Balaban J connectivity index is 5.47. The number of hydrogen-bond acceptors (Lipinski definition) is 15. The Labute approximate surface area is 617 Å². The fourth-order valence-electron chi connectivity index (χ4n) is 9.64. The van der Waals surface area contributed by atoms with Gasteiger partial charge in [-0.1, -0.05) is 263 Å². The molecule has 17 nitrogen and oxygen atoms in total. The van der Waals surface area contributed by atoms with Gasteiger partial charge in [0, 0.05) is 19.3 Å². The maximum atomic E-state index is 13.1. The molecule has 0 fully saturated rings. The standard InChI is InChI=1S/C83H136O17P2/c1-5-9-13-17-21-25-29-33-36-37-38-39-42-45-48-52-56-60-64-68-81(86)94-74-79(100-83(88)70-66-62-58-54-50-46-41-35-31-27-23-19-15-11-7-3)76-98-102(91,92)96-72-77(84)71-95-101(89,90)97-75-78(99-82(87)69-65-61-57-53-49-43-32-28-24-20-16-12-8-4)73-93-80(85)67-63-59-55-51-47-44-40-34-30-26-22-18-14-10-6-2/h10-11,14-15,21-23,25-28,32-36,38-41,47,50-51,54,59,63,77-79,84H,5-9,12-13,16-20,24,29-31,37,42-46,48-49,52-53,55-58,60-62,64-76H2,1-4H3,(H,89,90)(H,91,92)/b14-10-,15-11-,25-21-,26-22-,27-23-,32-28-,36-33-,39-38-,40-34-,41-35-,51-47-,54-50-,63-59-. The van der Waals surface area contributed by atoms with E-state index in [0.717, 1.165) is 154 Å². The van der Waals surface area contributed by atoms with Crippen LogP contribution in [0.15, 0.2) is 158 Å². The number of carbonyl (C=O) groups excluding carboxylic acids is 4. The summed E-state index contributed by atoms with van der Waals surface area (Å²) in [6.07, 6.45) is 85.5. The molecule has 0 rings (SSSR count). The molecule has 0 radical (unpaired) electrons. The second-order valence-corrected chi connectivity index (χ2v) is 28.1. The second kappa shape index (κ2) is 74.0. The van der Waals surface area contributed by atoms with Gasteiger partial charge in [-0.15, -0.1) is 0 Å². The monoisotopic (exact) mass is 1470 g/mol. The molecule has 3 N–H and O–H groups in total. The summed E-state index contributed by atoms with van der Waals surface area (Å²) in [6.45, 7) is 4.39. The van der Waals surface area contributed by atoms with E-state index in [1.807, 2.05) is 18.2 Å². The molecule has 0 aliphatic heterocycles. The number of phosphoric acid groups is 2. The first-order chi connectivity index (χ1) is 49.7. The third-order valence-electron chi connectivity index (χ3n) is 15.5. The molecule has 0 bridgehead atoms. The number of ether oxygens (including phenoxy) is 4. The minimum Gasteiger partial charge on any atom is -0.462 e. The molecule has 19 heteroatoms. The highest BCUT2D eigenvalue weighted by molar-refractivity contribution is 7.47. The zero-order chi connectivity index (χ0) is 74.6. The zero-order valence-corrected chi connectivity index (χ0v) is 65.0. The van der Waals surface area contributed by atoms with Crippen molar-refractivity contribution in [3.63, 3.8) is 0 Å². The average molecular weight is 1470 g/mol. The van der Waals surface area contributed by atoms with E-state index >= 15 is 0 Å². The molecule has 0 aromatic carbocycles. The van der Waals surface area contributed by atoms with E-state index in [9.17, 15) is 43.2 Å². The highest BCUT2D eigenvalue weighted by Gasteiger charge is 2.30. The fourth-order valence-corrected chi connectivity index (χ4v) is 11.2. The van der Waals surface area contributed by atoms with E-state index in [2.05, 4.69) is 161 Å².